The molecule has 2 aromatic rings. The van der Waals surface area contributed by atoms with Crippen molar-refractivity contribution in [2.75, 3.05) is 13.1 Å². The minimum atomic E-state index is 0.768. The number of nitrogens with zero attached hydrogens (tertiary/aromatic N) is 2. The molecule has 3 nitrogen and oxygen atoms in total. The second-order valence-corrected chi connectivity index (χ2v) is 5.55. The van der Waals surface area contributed by atoms with Gasteiger partial charge in [0.05, 0.1) is 11.9 Å². The highest BCUT2D eigenvalue weighted by Gasteiger charge is 2.14. The second kappa shape index (κ2) is 5.57. The Morgan fingerprint density at radius 3 is 2.89 bits per heavy atom. The third kappa shape index (κ3) is 3.04. The van der Waals surface area contributed by atoms with Crippen LogP contribution in [0.5, 0.6) is 0 Å². The molecule has 1 unspecified atom stereocenters. The van der Waals surface area contributed by atoms with E-state index in [0.717, 1.165) is 24.6 Å². The van der Waals surface area contributed by atoms with E-state index in [1.165, 1.54) is 30.5 Å². The van der Waals surface area contributed by atoms with Crippen LogP contribution in [0.25, 0.3) is 5.69 Å². The van der Waals surface area contributed by atoms with Crippen LogP contribution in [-0.4, -0.2) is 22.9 Å². The molecule has 1 saturated heterocycles. The van der Waals surface area contributed by atoms with Crippen LogP contribution >= 0.6 is 0 Å². The van der Waals surface area contributed by atoms with Crippen LogP contribution in [0.2, 0.25) is 0 Å². The summed E-state index contributed by atoms with van der Waals surface area (Å²) in [6.45, 7) is 4.43. The fraction of sp³-hybridized carbons (Fsp3) is 0.438. The van der Waals surface area contributed by atoms with Crippen molar-refractivity contribution < 1.29 is 0 Å². The van der Waals surface area contributed by atoms with Crippen molar-refractivity contribution in [3.05, 3.63) is 47.8 Å². The average Bonchev–Trinajstić information content (AvgIpc) is 2.89. The Labute approximate surface area is 114 Å². The van der Waals surface area contributed by atoms with Crippen molar-refractivity contribution in [3.63, 3.8) is 0 Å². The standard InChI is InChI=1S/C16H21N3/c1-13-4-6-16(7-5-13)19-12-15(11-18-19)9-14-3-2-8-17-10-14/h4-7,11-12,14,17H,2-3,8-10H2,1H3. The zero-order chi connectivity index (χ0) is 13.1. The zero-order valence-corrected chi connectivity index (χ0v) is 11.5. The van der Waals surface area contributed by atoms with Gasteiger partial charge in [-0.2, -0.15) is 5.10 Å². The quantitative estimate of drug-likeness (QED) is 0.914. The molecule has 1 aromatic carbocycles. The number of rotatable bonds is 3. The summed E-state index contributed by atoms with van der Waals surface area (Å²) in [5.74, 6) is 0.768. The molecule has 1 aliphatic rings. The van der Waals surface area contributed by atoms with E-state index < -0.39 is 0 Å². The van der Waals surface area contributed by atoms with E-state index in [-0.39, 0.29) is 0 Å². The molecule has 1 atom stereocenters. The van der Waals surface area contributed by atoms with Gasteiger partial charge in [-0.1, -0.05) is 17.7 Å². The molecule has 1 N–H and O–H groups in total. The van der Waals surface area contributed by atoms with Gasteiger partial charge >= 0.3 is 0 Å². The highest BCUT2D eigenvalue weighted by Crippen LogP contribution is 2.17. The SMILES string of the molecule is Cc1ccc(-n2cc(CC3CCCNC3)cn2)cc1. The number of aromatic nitrogens is 2. The normalized spacial score (nSPS) is 19.5. The summed E-state index contributed by atoms with van der Waals surface area (Å²) in [7, 11) is 0. The smallest absolute Gasteiger partial charge is 0.0645 e. The minimum absolute atomic E-state index is 0.768. The largest absolute Gasteiger partial charge is 0.316 e. The topological polar surface area (TPSA) is 29.9 Å². The first-order valence-electron chi connectivity index (χ1n) is 7.12. The summed E-state index contributed by atoms with van der Waals surface area (Å²) in [5, 5.41) is 7.95. The lowest BCUT2D eigenvalue weighted by atomic mass is 9.94. The monoisotopic (exact) mass is 255 g/mol. The Balaban J connectivity index is 1.70. The summed E-state index contributed by atoms with van der Waals surface area (Å²) in [6.07, 6.45) is 7.95. The summed E-state index contributed by atoms with van der Waals surface area (Å²) in [6, 6.07) is 8.49. The number of hydrogen-bond donors (Lipinski definition) is 1. The molecule has 0 aliphatic carbocycles. The molecule has 1 aromatic heterocycles. The third-order valence-corrected chi connectivity index (χ3v) is 3.86. The van der Waals surface area contributed by atoms with Crippen LogP contribution in [-0.2, 0) is 6.42 Å². The van der Waals surface area contributed by atoms with Crippen molar-refractivity contribution in [2.24, 2.45) is 5.92 Å². The molecular weight excluding hydrogens is 234 g/mol. The van der Waals surface area contributed by atoms with E-state index in [2.05, 4.69) is 47.8 Å². The van der Waals surface area contributed by atoms with Gasteiger partial charge in [0.2, 0.25) is 0 Å². The highest BCUT2D eigenvalue weighted by atomic mass is 15.3. The predicted octanol–water partition coefficient (Wildman–Crippen LogP) is 2.72. The summed E-state index contributed by atoms with van der Waals surface area (Å²) < 4.78 is 1.98. The van der Waals surface area contributed by atoms with Crippen molar-refractivity contribution in [1.29, 1.82) is 0 Å². The van der Waals surface area contributed by atoms with E-state index in [4.69, 9.17) is 0 Å². The number of benzene rings is 1. The molecule has 0 amide bonds. The fourth-order valence-electron chi connectivity index (χ4n) is 2.74. The molecule has 19 heavy (non-hydrogen) atoms. The Bertz CT molecular complexity index is 521. The fourth-order valence-corrected chi connectivity index (χ4v) is 2.74. The Kier molecular flexibility index (Phi) is 3.65. The Morgan fingerprint density at radius 1 is 1.32 bits per heavy atom. The Hall–Kier alpha value is -1.61. The lowest BCUT2D eigenvalue weighted by molar-refractivity contribution is 0.376. The zero-order valence-electron chi connectivity index (χ0n) is 11.5. The van der Waals surface area contributed by atoms with Crippen molar-refractivity contribution in [1.82, 2.24) is 15.1 Å². The molecule has 3 rings (SSSR count). The summed E-state index contributed by atoms with van der Waals surface area (Å²) >= 11 is 0. The molecule has 0 spiro atoms. The van der Waals surface area contributed by atoms with E-state index >= 15 is 0 Å². The number of aryl methyl sites for hydroxylation is 1. The number of piperidine rings is 1. The molecule has 1 fully saturated rings. The maximum Gasteiger partial charge on any atom is 0.0645 e. The van der Waals surface area contributed by atoms with Gasteiger partial charge in [-0.15, -0.1) is 0 Å². The van der Waals surface area contributed by atoms with Crippen molar-refractivity contribution >= 4 is 0 Å². The first-order valence-corrected chi connectivity index (χ1v) is 7.12. The van der Waals surface area contributed by atoms with Gasteiger partial charge in [0.1, 0.15) is 0 Å². The molecule has 100 valence electrons. The highest BCUT2D eigenvalue weighted by molar-refractivity contribution is 5.34. The average molecular weight is 255 g/mol. The molecular formula is C16H21N3. The van der Waals surface area contributed by atoms with Crippen LogP contribution in [0.15, 0.2) is 36.7 Å². The molecule has 0 saturated carbocycles. The van der Waals surface area contributed by atoms with Gasteiger partial charge in [-0.3, -0.25) is 0 Å². The Morgan fingerprint density at radius 2 is 2.16 bits per heavy atom. The van der Waals surface area contributed by atoms with Crippen molar-refractivity contribution in [2.45, 2.75) is 26.2 Å². The lowest BCUT2D eigenvalue weighted by Gasteiger charge is -2.21. The molecule has 0 radical (unpaired) electrons. The van der Waals surface area contributed by atoms with E-state index in [1.807, 2.05) is 10.9 Å². The van der Waals surface area contributed by atoms with Crippen LogP contribution in [0.4, 0.5) is 0 Å². The minimum Gasteiger partial charge on any atom is -0.316 e. The number of hydrogen-bond acceptors (Lipinski definition) is 2. The van der Waals surface area contributed by atoms with Crippen LogP contribution in [0, 0.1) is 12.8 Å². The van der Waals surface area contributed by atoms with Crippen molar-refractivity contribution in [3.8, 4) is 5.69 Å². The summed E-state index contributed by atoms with van der Waals surface area (Å²) in [4.78, 5) is 0. The van der Waals surface area contributed by atoms with Crippen LogP contribution in [0.1, 0.15) is 24.0 Å². The van der Waals surface area contributed by atoms with Gasteiger partial charge in [0.15, 0.2) is 0 Å². The first kappa shape index (κ1) is 12.4. The first-order chi connectivity index (χ1) is 9.31. The lowest BCUT2D eigenvalue weighted by Crippen LogP contribution is -2.30. The second-order valence-electron chi connectivity index (χ2n) is 5.55. The van der Waals surface area contributed by atoms with Crippen LogP contribution in [0.3, 0.4) is 0 Å². The van der Waals surface area contributed by atoms with E-state index in [0.29, 0.717) is 0 Å². The maximum absolute atomic E-state index is 4.48. The molecule has 0 bridgehead atoms. The number of nitrogens with one attached hydrogen (secondary N) is 1. The molecule has 3 heteroatoms. The van der Waals surface area contributed by atoms with Gasteiger partial charge < -0.3 is 5.32 Å². The van der Waals surface area contributed by atoms with E-state index in [1.54, 1.807) is 0 Å². The van der Waals surface area contributed by atoms with Gasteiger partial charge in [0.25, 0.3) is 0 Å². The van der Waals surface area contributed by atoms with Gasteiger partial charge in [0, 0.05) is 6.20 Å². The summed E-state index contributed by atoms with van der Waals surface area (Å²) in [5.41, 5.74) is 3.76. The molecule has 1 aliphatic heterocycles. The predicted molar refractivity (Wildman–Crippen MR) is 77.6 cm³/mol. The van der Waals surface area contributed by atoms with Gasteiger partial charge in [-0.05, 0) is 62.9 Å². The third-order valence-electron chi connectivity index (χ3n) is 3.86. The maximum atomic E-state index is 4.48. The molecule has 2 heterocycles. The van der Waals surface area contributed by atoms with E-state index in [9.17, 15) is 0 Å². The van der Waals surface area contributed by atoms with Crippen LogP contribution < -0.4 is 5.32 Å². The van der Waals surface area contributed by atoms with Gasteiger partial charge in [-0.25, -0.2) is 4.68 Å².